The zero-order valence-electron chi connectivity index (χ0n) is 7.46. The molecular weight excluding hydrogens is 204 g/mol. The van der Waals surface area contributed by atoms with E-state index in [1.165, 1.54) is 0 Å². The molecule has 0 spiro atoms. The first-order valence-corrected chi connectivity index (χ1v) is 4.74. The first-order chi connectivity index (χ1) is 6.77. The third-order valence-electron chi connectivity index (χ3n) is 1.97. The van der Waals surface area contributed by atoms with E-state index in [0.29, 0.717) is 30.3 Å². The van der Waals surface area contributed by atoms with E-state index in [9.17, 15) is 4.79 Å². The van der Waals surface area contributed by atoms with E-state index in [2.05, 4.69) is 0 Å². The van der Waals surface area contributed by atoms with Crippen molar-refractivity contribution in [3.05, 3.63) is 23.8 Å². The van der Waals surface area contributed by atoms with Crippen molar-refractivity contribution in [1.82, 2.24) is 0 Å². The molecule has 2 rings (SSSR count). The molecule has 1 aliphatic heterocycles. The SMILES string of the molecule is O=C(Cl)c1ccc2c(c1)OCCCO2. The van der Waals surface area contributed by atoms with Gasteiger partial charge in [-0.15, -0.1) is 0 Å². The van der Waals surface area contributed by atoms with Crippen molar-refractivity contribution < 1.29 is 14.3 Å². The maximum atomic E-state index is 10.9. The van der Waals surface area contributed by atoms with Crippen molar-refractivity contribution in [3.8, 4) is 11.5 Å². The van der Waals surface area contributed by atoms with Gasteiger partial charge in [-0.25, -0.2) is 0 Å². The van der Waals surface area contributed by atoms with Crippen LogP contribution < -0.4 is 9.47 Å². The van der Waals surface area contributed by atoms with Crippen molar-refractivity contribution in [2.75, 3.05) is 13.2 Å². The summed E-state index contributed by atoms with van der Waals surface area (Å²) in [6.07, 6.45) is 0.846. The highest BCUT2D eigenvalue weighted by molar-refractivity contribution is 6.67. The molecule has 0 bridgehead atoms. The molecule has 4 heteroatoms. The van der Waals surface area contributed by atoms with Crippen molar-refractivity contribution in [1.29, 1.82) is 0 Å². The van der Waals surface area contributed by atoms with Gasteiger partial charge < -0.3 is 9.47 Å². The summed E-state index contributed by atoms with van der Waals surface area (Å²) < 4.78 is 10.8. The molecule has 0 amide bonds. The third-order valence-corrected chi connectivity index (χ3v) is 2.19. The van der Waals surface area contributed by atoms with Crippen LogP contribution in [-0.2, 0) is 0 Å². The molecule has 0 N–H and O–H groups in total. The molecule has 0 radical (unpaired) electrons. The lowest BCUT2D eigenvalue weighted by molar-refractivity contribution is 0.108. The van der Waals surface area contributed by atoms with Gasteiger partial charge in [-0.2, -0.15) is 0 Å². The molecular formula is C10H9ClO3. The fraction of sp³-hybridized carbons (Fsp3) is 0.300. The molecule has 0 fully saturated rings. The lowest BCUT2D eigenvalue weighted by Crippen LogP contribution is -1.97. The van der Waals surface area contributed by atoms with Gasteiger partial charge in [-0.05, 0) is 29.8 Å². The summed E-state index contributed by atoms with van der Waals surface area (Å²) in [7, 11) is 0. The average molecular weight is 213 g/mol. The normalized spacial score (nSPS) is 14.6. The van der Waals surface area contributed by atoms with E-state index < -0.39 is 5.24 Å². The summed E-state index contributed by atoms with van der Waals surface area (Å²) in [6, 6.07) is 4.94. The molecule has 0 saturated heterocycles. The predicted octanol–water partition coefficient (Wildman–Crippen LogP) is 2.23. The van der Waals surface area contributed by atoms with Gasteiger partial charge in [0.15, 0.2) is 11.5 Å². The predicted molar refractivity (Wildman–Crippen MR) is 52.2 cm³/mol. The molecule has 0 aliphatic carbocycles. The highest BCUT2D eigenvalue weighted by atomic mass is 35.5. The second-order valence-electron chi connectivity index (χ2n) is 2.99. The van der Waals surface area contributed by atoms with E-state index in [0.717, 1.165) is 6.42 Å². The quantitative estimate of drug-likeness (QED) is 0.670. The van der Waals surface area contributed by atoms with E-state index in [1.807, 2.05) is 0 Å². The Kier molecular flexibility index (Phi) is 2.59. The van der Waals surface area contributed by atoms with Gasteiger partial charge in [0.1, 0.15) is 0 Å². The summed E-state index contributed by atoms with van der Waals surface area (Å²) in [6.45, 7) is 1.24. The van der Waals surface area contributed by atoms with Crippen molar-refractivity contribution >= 4 is 16.8 Å². The van der Waals surface area contributed by atoms with Crippen LogP contribution in [0.2, 0.25) is 0 Å². The molecule has 1 heterocycles. The number of carbonyl (C=O) groups excluding carboxylic acids is 1. The van der Waals surface area contributed by atoms with Gasteiger partial charge in [0.25, 0.3) is 5.24 Å². The first kappa shape index (κ1) is 9.34. The molecule has 3 nitrogen and oxygen atoms in total. The summed E-state index contributed by atoms with van der Waals surface area (Å²) in [5.74, 6) is 1.26. The zero-order valence-corrected chi connectivity index (χ0v) is 8.21. The van der Waals surface area contributed by atoms with Gasteiger partial charge in [0, 0.05) is 12.0 Å². The number of halogens is 1. The number of rotatable bonds is 1. The summed E-state index contributed by atoms with van der Waals surface area (Å²) >= 11 is 5.35. The lowest BCUT2D eigenvalue weighted by Gasteiger charge is -2.06. The summed E-state index contributed by atoms with van der Waals surface area (Å²) in [4.78, 5) is 10.9. The minimum absolute atomic E-state index is 0.427. The fourth-order valence-corrected chi connectivity index (χ4v) is 1.40. The number of ether oxygens (including phenoxy) is 2. The minimum atomic E-state index is -0.486. The summed E-state index contributed by atoms with van der Waals surface area (Å²) in [5, 5.41) is -0.486. The maximum absolute atomic E-state index is 10.9. The van der Waals surface area contributed by atoms with Crippen molar-refractivity contribution in [3.63, 3.8) is 0 Å². The van der Waals surface area contributed by atoms with Crippen LogP contribution in [0.5, 0.6) is 11.5 Å². The van der Waals surface area contributed by atoms with Crippen LogP contribution in [0.1, 0.15) is 16.8 Å². The standard InChI is InChI=1S/C10H9ClO3/c11-10(12)7-2-3-8-9(6-7)14-5-1-4-13-8/h2-3,6H,1,4-5H2. The maximum Gasteiger partial charge on any atom is 0.252 e. The third kappa shape index (κ3) is 1.82. The van der Waals surface area contributed by atoms with Gasteiger partial charge in [0.2, 0.25) is 0 Å². The van der Waals surface area contributed by atoms with Crippen molar-refractivity contribution in [2.24, 2.45) is 0 Å². The molecule has 0 unspecified atom stereocenters. The Morgan fingerprint density at radius 2 is 1.93 bits per heavy atom. The monoisotopic (exact) mass is 212 g/mol. The van der Waals surface area contributed by atoms with E-state index >= 15 is 0 Å². The van der Waals surface area contributed by atoms with Gasteiger partial charge in [0.05, 0.1) is 13.2 Å². The molecule has 0 atom stereocenters. The highest BCUT2D eigenvalue weighted by Crippen LogP contribution is 2.30. The van der Waals surface area contributed by atoms with Crippen LogP contribution in [0.3, 0.4) is 0 Å². The zero-order chi connectivity index (χ0) is 9.97. The topological polar surface area (TPSA) is 35.5 Å². The Balaban J connectivity index is 2.37. The second-order valence-corrected chi connectivity index (χ2v) is 3.33. The molecule has 1 aromatic rings. The van der Waals surface area contributed by atoms with E-state index in [1.54, 1.807) is 18.2 Å². The van der Waals surface area contributed by atoms with Crippen LogP contribution in [-0.4, -0.2) is 18.5 Å². The Bertz CT molecular complexity index is 362. The fourth-order valence-electron chi connectivity index (χ4n) is 1.29. The smallest absolute Gasteiger partial charge is 0.252 e. The number of carbonyl (C=O) groups is 1. The Hall–Kier alpha value is -1.22. The van der Waals surface area contributed by atoms with Gasteiger partial charge in [-0.3, -0.25) is 4.79 Å². The molecule has 14 heavy (non-hydrogen) atoms. The molecule has 1 aromatic carbocycles. The first-order valence-electron chi connectivity index (χ1n) is 4.37. The van der Waals surface area contributed by atoms with Crippen LogP contribution in [0.4, 0.5) is 0 Å². The van der Waals surface area contributed by atoms with Gasteiger partial charge >= 0.3 is 0 Å². The average Bonchev–Trinajstić information content (AvgIpc) is 2.41. The highest BCUT2D eigenvalue weighted by Gasteiger charge is 2.12. The number of fused-ring (bicyclic) bond motifs is 1. The van der Waals surface area contributed by atoms with Crippen LogP contribution >= 0.6 is 11.6 Å². The Morgan fingerprint density at radius 1 is 1.21 bits per heavy atom. The summed E-state index contributed by atoms with van der Waals surface area (Å²) in [5.41, 5.74) is 0.427. The van der Waals surface area contributed by atoms with E-state index in [-0.39, 0.29) is 0 Å². The van der Waals surface area contributed by atoms with Crippen LogP contribution in [0.15, 0.2) is 18.2 Å². The molecule has 0 aromatic heterocycles. The Labute approximate surface area is 86.6 Å². The number of hydrogen-bond acceptors (Lipinski definition) is 3. The second kappa shape index (κ2) is 3.88. The number of hydrogen-bond donors (Lipinski definition) is 0. The minimum Gasteiger partial charge on any atom is -0.490 e. The lowest BCUT2D eigenvalue weighted by atomic mass is 10.2. The van der Waals surface area contributed by atoms with E-state index in [4.69, 9.17) is 21.1 Å². The van der Waals surface area contributed by atoms with Crippen LogP contribution in [0.25, 0.3) is 0 Å². The molecule has 74 valence electrons. The largest absolute Gasteiger partial charge is 0.490 e. The Morgan fingerprint density at radius 3 is 2.64 bits per heavy atom. The molecule has 0 saturated carbocycles. The van der Waals surface area contributed by atoms with Gasteiger partial charge in [-0.1, -0.05) is 0 Å². The number of benzene rings is 1. The van der Waals surface area contributed by atoms with Crippen LogP contribution in [0, 0.1) is 0 Å². The molecule has 1 aliphatic rings. The van der Waals surface area contributed by atoms with Crippen molar-refractivity contribution in [2.45, 2.75) is 6.42 Å².